The highest BCUT2D eigenvalue weighted by atomic mass is 32.2. The minimum Gasteiger partial charge on any atom is -0.290 e. The monoisotopic (exact) mass is 163 g/mol. The van der Waals surface area contributed by atoms with Crippen LogP contribution in [0.15, 0.2) is 12.3 Å². The molecule has 0 aliphatic rings. The molecule has 0 radical (unpaired) electrons. The van der Waals surface area contributed by atoms with E-state index in [0.29, 0.717) is 0 Å². The molecule has 3 nitrogen and oxygen atoms in total. The standard InChI is InChI=1S/C6H13NO2S/c1-2-3-4-5-6-7-10(8)9/h5-7H,2-4H2,1H3,(H,8,9). The Kier molecular flexibility index (Phi) is 6.53. The van der Waals surface area contributed by atoms with E-state index in [0.717, 1.165) is 19.3 Å². The van der Waals surface area contributed by atoms with Gasteiger partial charge in [0.2, 0.25) is 0 Å². The summed E-state index contributed by atoms with van der Waals surface area (Å²) >= 11 is -1.91. The summed E-state index contributed by atoms with van der Waals surface area (Å²) in [6.07, 6.45) is 6.58. The number of hydrogen-bond acceptors (Lipinski definition) is 1. The minimum atomic E-state index is -1.91. The molecule has 10 heavy (non-hydrogen) atoms. The molecule has 0 bridgehead atoms. The zero-order valence-electron chi connectivity index (χ0n) is 6.04. The molecule has 2 N–H and O–H groups in total. The van der Waals surface area contributed by atoms with Crippen LogP contribution in [0.1, 0.15) is 26.2 Å². The number of hydrogen-bond donors (Lipinski definition) is 2. The van der Waals surface area contributed by atoms with Gasteiger partial charge in [0.15, 0.2) is 0 Å². The molecule has 0 aromatic carbocycles. The fourth-order valence-electron chi connectivity index (χ4n) is 0.512. The second-order valence-electron chi connectivity index (χ2n) is 1.91. The Morgan fingerprint density at radius 2 is 2.40 bits per heavy atom. The molecular weight excluding hydrogens is 150 g/mol. The quantitative estimate of drug-likeness (QED) is 0.475. The van der Waals surface area contributed by atoms with Gasteiger partial charge in [-0.25, -0.2) is 4.21 Å². The predicted octanol–water partition coefficient (Wildman–Crippen LogP) is 1.42. The van der Waals surface area contributed by atoms with Crippen LogP contribution in [0, 0.1) is 0 Å². The highest BCUT2D eigenvalue weighted by molar-refractivity contribution is 7.77. The molecule has 0 heterocycles. The SMILES string of the molecule is CCCCC=CNS(=O)O. The Hall–Kier alpha value is -0.350. The van der Waals surface area contributed by atoms with Gasteiger partial charge in [0.1, 0.15) is 0 Å². The van der Waals surface area contributed by atoms with Crippen molar-refractivity contribution in [3.8, 4) is 0 Å². The zero-order valence-corrected chi connectivity index (χ0v) is 6.86. The zero-order chi connectivity index (χ0) is 7.82. The van der Waals surface area contributed by atoms with Gasteiger partial charge in [-0.1, -0.05) is 25.8 Å². The third-order valence-electron chi connectivity index (χ3n) is 1.01. The summed E-state index contributed by atoms with van der Waals surface area (Å²) in [4.78, 5) is 0. The van der Waals surface area contributed by atoms with Crippen molar-refractivity contribution >= 4 is 11.3 Å². The second-order valence-corrected chi connectivity index (χ2v) is 2.65. The van der Waals surface area contributed by atoms with E-state index in [2.05, 4.69) is 11.6 Å². The van der Waals surface area contributed by atoms with Crippen LogP contribution in [-0.2, 0) is 11.3 Å². The average molecular weight is 163 g/mol. The van der Waals surface area contributed by atoms with Crippen molar-refractivity contribution in [3.63, 3.8) is 0 Å². The predicted molar refractivity (Wildman–Crippen MR) is 42.6 cm³/mol. The lowest BCUT2D eigenvalue weighted by atomic mass is 10.2. The van der Waals surface area contributed by atoms with E-state index >= 15 is 0 Å². The van der Waals surface area contributed by atoms with Crippen molar-refractivity contribution in [1.82, 2.24) is 4.72 Å². The third kappa shape index (κ3) is 7.65. The molecule has 0 fully saturated rings. The van der Waals surface area contributed by atoms with Crippen LogP contribution in [-0.4, -0.2) is 8.76 Å². The maximum atomic E-state index is 9.98. The summed E-state index contributed by atoms with van der Waals surface area (Å²) in [5.41, 5.74) is 0. The molecule has 1 atom stereocenters. The summed E-state index contributed by atoms with van der Waals surface area (Å²) < 4.78 is 20.5. The van der Waals surface area contributed by atoms with Crippen molar-refractivity contribution in [1.29, 1.82) is 0 Å². The summed E-state index contributed by atoms with van der Waals surface area (Å²) in [5.74, 6) is 0. The Morgan fingerprint density at radius 1 is 1.70 bits per heavy atom. The first-order chi connectivity index (χ1) is 4.77. The smallest absolute Gasteiger partial charge is 0.258 e. The van der Waals surface area contributed by atoms with Gasteiger partial charge in [0, 0.05) is 6.20 Å². The van der Waals surface area contributed by atoms with Gasteiger partial charge in [0.05, 0.1) is 0 Å². The average Bonchev–Trinajstić information content (AvgIpc) is 1.87. The maximum Gasteiger partial charge on any atom is 0.258 e. The van der Waals surface area contributed by atoms with Crippen LogP contribution >= 0.6 is 0 Å². The van der Waals surface area contributed by atoms with Crippen molar-refractivity contribution in [2.45, 2.75) is 26.2 Å². The molecule has 0 saturated heterocycles. The van der Waals surface area contributed by atoms with Crippen molar-refractivity contribution in [2.24, 2.45) is 0 Å². The Bertz CT molecular complexity index is 125. The van der Waals surface area contributed by atoms with Crippen molar-refractivity contribution in [3.05, 3.63) is 12.3 Å². The number of unbranched alkanes of at least 4 members (excludes halogenated alkanes) is 2. The van der Waals surface area contributed by atoms with Crippen molar-refractivity contribution < 1.29 is 8.76 Å². The molecular formula is C6H13NO2S. The molecule has 0 aromatic heterocycles. The summed E-state index contributed by atoms with van der Waals surface area (Å²) in [5, 5.41) is 0. The number of allylic oxidation sites excluding steroid dienone is 1. The number of rotatable bonds is 5. The summed E-state index contributed by atoms with van der Waals surface area (Å²) in [6.45, 7) is 2.10. The number of nitrogens with one attached hydrogen (secondary N) is 1. The molecule has 60 valence electrons. The van der Waals surface area contributed by atoms with E-state index in [9.17, 15) is 4.21 Å². The maximum absolute atomic E-state index is 9.98. The van der Waals surface area contributed by atoms with Crippen LogP contribution in [0.5, 0.6) is 0 Å². The lowest BCUT2D eigenvalue weighted by Crippen LogP contribution is -2.06. The summed E-state index contributed by atoms with van der Waals surface area (Å²) in [7, 11) is 0. The lowest BCUT2D eigenvalue weighted by molar-refractivity contribution is 0.558. The van der Waals surface area contributed by atoms with Crippen LogP contribution in [0.3, 0.4) is 0 Å². The molecule has 0 saturated carbocycles. The molecule has 4 heteroatoms. The summed E-state index contributed by atoms with van der Waals surface area (Å²) in [6, 6.07) is 0. The first-order valence-corrected chi connectivity index (χ1v) is 4.40. The van der Waals surface area contributed by atoms with E-state index in [-0.39, 0.29) is 0 Å². The highest BCUT2D eigenvalue weighted by Gasteiger charge is 1.81. The van der Waals surface area contributed by atoms with Gasteiger partial charge in [0.25, 0.3) is 11.3 Å². The molecule has 0 aromatic rings. The van der Waals surface area contributed by atoms with Crippen LogP contribution in [0.25, 0.3) is 0 Å². The van der Waals surface area contributed by atoms with Gasteiger partial charge < -0.3 is 0 Å². The molecule has 0 aliphatic heterocycles. The Morgan fingerprint density at radius 3 is 2.90 bits per heavy atom. The molecule has 0 amide bonds. The Labute approximate surface area is 63.9 Å². The molecule has 0 spiro atoms. The van der Waals surface area contributed by atoms with Gasteiger partial charge >= 0.3 is 0 Å². The van der Waals surface area contributed by atoms with E-state index in [1.54, 1.807) is 0 Å². The largest absolute Gasteiger partial charge is 0.290 e. The topological polar surface area (TPSA) is 49.3 Å². The highest BCUT2D eigenvalue weighted by Crippen LogP contribution is 1.93. The third-order valence-corrected chi connectivity index (χ3v) is 1.35. The normalized spacial score (nSPS) is 13.8. The Balaban J connectivity index is 3.12. The van der Waals surface area contributed by atoms with Gasteiger partial charge in [-0.2, -0.15) is 0 Å². The molecule has 1 unspecified atom stereocenters. The van der Waals surface area contributed by atoms with Crippen LogP contribution < -0.4 is 4.72 Å². The van der Waals surface area contributed by atoms with Crippen LogP contribution in [0.2, 0.25) is 0 Å². The fraction of sp³-hybridized carbons (Fsp3) is 0.667. The second kappa shape index (κ2) is 6.77. The first kappa shape index (κ1) is 9.65. The minimum absolute atomic E-state index is 0.959. The molecule has 0 rings (SSSR count). The van der Waals surface area contributed by atoms with E-state index in [4.69, 9.17) is 4.55 Å². The van der Waals surface area contributed by atoms with Gasteiger partial charge in [-0.05, 0) is 6.42 Å². The first-order valence-electron chi connectivity index (χ1n) is 3.29. The lowest BCUT2D eigenvalue weighted by Gasteiger charge is -1.90. The van der Waals surface area contributed by atoms with Gasteiger partial charge in [-0.15, -0.1) is 0 Å². The fourth-order valence-corrected chi connectivity index (χ4v) is 0.724. The van der Waals surface area contributed by atoms with Crippen molar-refractivity contribution in [2.75, 3.05) is 0 Å². The van der Waals surface area contributed by atoms with Gasteiger partial charge in [-0.3, -0.25) is 9.27 Å². The van der Waals surface area contributed by atoms with E-state index in [1.807, 2.05) is 6.08 Å². The molecule has 0 aliphatic carbocycles. The van der Waals surface area contributed by atoms with Crippen LogP contribution in [0.4, 0.5) is 0 Å². The van der Waals surface area contributed by atoms with E-state index in [1.165, 1.54) is 6.20 Å². The van der Waals surface area contributed by atoms with E-state index < -0.39 is 11.3 Å².